The summed E-state index contributed by atoms with van der Waals surface area (Å²) >= 11 is 0. The highest BCUT2D eigenvalue weighted by molar-refractivity contribution is 5.49. The van der Waals surface area contributed by atoms with Gasteiger partial charge in [0.25, 0.3) is 0 Å². The molecule has 4 heteroatoms. The molecule has 1 aromatic rings. The van der Waals surface area contributed by atoms with Crippen molar-refractivity contribution in [3.05, 3.63) is 24.3 Å². The van der Waals surface area contributed by atoms with Crippen molar-refractivity contribution < 1.29 is 4.74 Å². The second-order valence-electron chi connectivity index (χ2n) is 5.10. The van der Waals surface area contributed by atoms with Gasteiger partial charge in [-0.15, -0.1) is 0 Å². The monoisotopic (exact) mass is 263 g/mol. The molecule has 1 aliphatic rings. The minimum atomic E-state index is 0.439. The summed E-state index contributed by atoms with van der Waals surface area (Å²) in [5.74, 6) is 0.938. The Morgan fingerprint density at radius 2 is 2.00 bits per heavy atom. The van der Waals surface area contributed by atoms with Crippen LogP contribution < -0.4 is 15.4 Å². The molecule has 2 N–H and O–H groups in total. The summed E-state index contributed by atoms with van der Waals surface area (Å²) in [5, 5.41) is 0. The van der Waals surface area contributed by atoms with Crippen molar-refractivity contribution >= 4 is 5.69 Å². The molecule has 0 amide bonds. The molecular formula is C15H25N3O. The Morgan fingerprint density at radius 1 is 1.26 bits per heavy atom. The minimum absolute atomic E-state index is 0.439. The van der Waals surface area contributed by atoms with Crippen LogP contribution in [-0.2, 0) is 0 Å². The first-order valence-corrected chi connectivity index (χ1v) is 7.12. The lowest BCUT2D eigenvalue weighted by atomic mass is 10.2. The van der Waals surface area contributed by atoms with E-state index in [1.54, 1.807) is 0 Å². The van der Waals surface area contributed by atoms with Gasteiger partial charge in [0.05, 0.1) is 6.61 Å². The molecule has 0 radical (unpaired) electrons. The minimum Gasteiger partial charge on any atom is -0.494 e. The van der Waals surface area contributed by atoms with Crippen LogP contribution in [0.1, 0.15) is 13.3 Å². The lowest BCUT2D eigenvalue weighted by molar-refractivity contribution is 0.266. The average Bonchev–Trinajstić information content (AvgIpc) is 2.62. The van der Waals surface area contributed by atoms with Crippen LogP contribution in [0.15, 0.2) is 24.3 Å². The molecule has 1 heterocycles. The van der Waals surface area contributed by atoms with Gasteiger partial charge in [-0.1, -0.05) is 0 Å². The van der Waals surface area contributed by atoms with E-state index in [0.717, 1.165) is 25.4 Å². The van der Waals surface area contributed by atoms with Crippen molar-refractivity contribution in [1.82, 2.24) is 4.90 Å². The Morgan fingerprint density at radius 3 is 2.63 bits per heavy atom. The van der Waals surface area contributed by atoms with Crippen LogP contribution in [0.2, 0.25) is 0 Å². The van der Waals surface area contributed by atoms with Gasteiger partial charge in [0.15, 0.2) is 0 Å². The van der Waals surface area contributed by atoms with Crippen molar-refractivity contribution in [2.45, 2.75) is 19.4 Å². The zero-order valence-electron chi connectivity index (χ0n) is 12.0. The van der Waals surface area contributed by atoms with E-state index in [2.05, 4.69) is 29.0 Å². The number of nitrogens with zero attached hydrogens (tertiary/aromatic N) is 2. The maximum absolute atomic E-state index is 5.88. The van der Waals surface area contributed by atoms with Crippen molar-refractivity contribution in [1.29, 1.82) is 0 Å². The van der Waals surface area contributed by atoms with Gasteiger partial charge >= 0.3 is 0 Å². The number of ether oxygens (including phenoxy) is 1. The number of anilines is 1. The zero-order chi connectivity index (χ0) is 13.7. The molecular weight excluding hydrogens is 238 g/mol. The van der Waals surface area contributed by atoms with Gasteiger partial charge in [0.2, 0.25) is 0 Å². The van der Waals surface area contributed by atoms with Crippen LogP contribution in [0.4, 0.5) is 5.69 Å². The largest absolute Gasteiger partial charge is 0.494 e. The molecule has 0 bridgehead atoms. The average molecular weight is 263 g/mol. The van der Waals surface area contributed by atoms with E-state index in [0.29, 0.717) is 19.2 Å². The predicted octanol–water partition coefficient (Wildman–Crippen LogP) is 1.55. The zero-order valence-corrected chi connectivity index (χ0v) is 12.0. The Bertz CT molecular complexity index is 379. The van der Waals surface area contributed by atoms with Crippen LogP contribution in [0.5, 0.6) is 5.75 Å². The predicted molar refractivity (Wildman–Crippen MR) is 79.9 cm³/mol. The van der Waals surface area contributed by atoms with E-state index in [1.165, 1.54) is 12.1 Å². The molecule has 1 aliphatic heterocycles. The number of rotatable bonds is 4. The number of hydrogen-bond donors (Lipinski definition) is 1. The first kappa shape index (κ1) is 14.2. The number of likely N-dealkylation sites (N-methyl/N-ethyl adjacent to an activating group) is 1. The summed E-state index contributed by atoms with van der Waals surface area (Å²) in [6.07, 6.45) is 1.18. The third-order valence-electron chi connectivity index (χ3n) is 3.78. The van der Waals surface area contributed by atoms with Crippen LogP contribution in [-0.4, -0.2) is 50.8 Å². The number of benzene rings is 1. The molecule has 106 valence electrons. The highest BCUT2D eigenvalue weighted by atomic mass is 16.5. The topological polar surface area (TPSA) is 41.7 Å². The molecule has 1 atom stereocenters. The van der Waals surface area contributed by atoms with Crippen LogP contribution >= 0.6 is 0 Å². The van der Waals surface area contributed by atoms with Crippen LogP contribution in [0.3, 0.4) is 0 Å². The smallest absolute Gasteiger partial charge is 0.119 e. The normalized spacial score (nSPS) is 21.2. The molecule has 0 saturated carbocycles. The summed E-state index contributed by atoms with van der Waals surface area (Å²) in [5.41, 5.74) is 7.14. The molecule has 1 unspecified atom stereocenters. The summed E-state index contributed by atoms with van der Waals surface area (Å²) in [7, 11) is 2.17. The first-order valence-electron chi connectivity index (χ1n) is 7.12. The SMILES string of the molecule is CCOc1ccc(N2CCCN(C)C(CN)C2)cc1. The van der Waals surface area contributed by atoms with Gasteiger partial charge in [0, 0.05) is 31.4 Å². The molecule has 0 spiro atoms. The Hall–Kier alpha value is -1.26. The second-order valence-corrected chi connectivity index (χ2v) is 5.10. The van der Waals surface area contributed by atoms with E-state index < -0.39 is 0 Å². The quantitative estimate of drug-likeness (QED) is 0.895. The van der Waals surface area contributed by atoms with Crippen molar-refractivity contribution in [3.63, 3.8) is 0 Å². The molecule has 1 aromatic carbocycles. The molecule has 4 nitrogen and oxygen atoms in total. The van der Waals surface area contributed by atoms with E-state index >= 15 is 0 Å². The van der Waals surface area contributed by atoms with Gasteiger partial charge < -0.3 is 20.3 Å². The van der Waals surface area contributed by atoms with Gasteiger partial charge in [-0.2, -0.15) is 0 Å². The maximum atomic E-state index is 5.88. The third kappa shape index (κ3) is 3.61. The van der Waals surface area contributed by atoms with Crippen LogP contribution in [0, 0.1) is 0 Å². The highest BCUT2D eigenvalue weighted by Crippen LogP contribution is 2.21. The first-order chi connectivity index (χ1) is 9.24. The molecule has 19 heavy (non-hydrogen) atoms. The summed E-state index contributed by atoms with van der Waals surface area (Å²) in [6, 6.07) is 8.82. The van der Waals surface area contributed by atoms with E-state index in [-0.39, 0.29) is 0 Å². The van der Waals surface area contributed by atoms with Crippen molar-refractivity contribution in [2.24, 2.45) is 5.73 Å². The van der Waals surface area contributed by atoms with E-state index in [9.17, 15) is 0 Å². The summed E-state index contributed by atoms with van der Waals surface area (Å²) in [4.78, 5) is 4.80. The summed E-state index contributed by atoms with van der Waals surface area (Å²) in [6.45, 7) is 6.64. The molecule has 0 aliphatic carbocycles. The fourth-order valence-corrected chi connectivity index (χ4v) is 2.59. The number of hydrogen-bond acceptors (Lipinski definition) is 4. The Balaban J connectivity index is 2.07. The fraction of sp³-hybridized carbons (Fsp3) is 0.600. The highest BCUT2D eigenvalue weighted by Gasteiger charge is 2.21. The van der Waals surface area contributed by atoms with Gasteiger partial charge in [-0.25, -0.2) is 0 Å². The van der Waals surface area contributed by atoms with E-state index in [1.807, 2.05) is 19.1 Å². The molecule has 1 fully saturated rings. The molecule has 0 aromatic heterocycles. The number of nitrogens with two attached hydrogens (primary N) is 1. The molecule has 1 saturated heterocycles. The standard InChI is InChI=1S/C15H25N3O/c1-3-19-15-7-5-13(6-8-15)18-10-4-9-17(2)14(11-16)12-18/h5-8,14H,3-4,9-12,16H2,1-2H3. The Kier molecular flexibility index (Phi) is 5.05. The fourth-order valence-electron chi connectivity index (χ4n) is 2.59. The second kappa shape index (κ2) is 6.78. The van der Waals surface area contributed by atoms with Gasteiger partial charge in [-0.05, 0) is 51.2 Å². The van der Waals surface area contributed by atoms with Crippen molar-refractivity contribution in [2.75, 3.05) is 44.7 Å². The third-order valence-corrected chi connectivity index (χ3v) is 3.78. The van der Waals surface area contributed by atoms with Gasteiger partial charge in [0.1, 0.15) is 5.75 Å². The molecule has 2 rings (SSSR count). The van der Waals surface area contributed by atoms with E-state index in [4.69, 9.17) is 10.5 Å². The van der Waals surface area contributed by atoms with Gasteiger partial charge in [-0.3, -0.25) is 0 Å². The maximum Gasteiger partial charge on any atom is 0.119 e. The lowest BCUT2D eigenvalue weighted by Gasteiger charge is -2.29. The summed E-state index contributed by atoms with van der Waals surface area (Å²) < 4.78 is 5.49. The van der Waals surface area contributed by atoms with Crippen molar-refractivity contribution in [3.8, 4) is 5.75 Å². The van der Waals surface area contributed by atoms with Crippen LogP contribution in [0.25, 0.3) is 0 Å². The Labute approximate surface area is 116 Å². The lowest BCUT2D eigenvalue weighted by Crippen LogP contribution is -2.43.